The summed E-state index contributed by atoms with van der Waals surface area (Å²) in [4.78, 5) is 1.97. The topological polar surface area (TPSA) is 47.3 Å². The number of hydrogen-bond acceptors (Lipinski definition) is 4. The van der Waals surface area contributed by atoms with Crippen molar-refractivity contribution in [1.29, 1.82) is 0 Å². The number of nitrogens with zero attached hydrogens (tertiary/aromatic N) is 2. The average molecular weight is 376 g/mol. The first kappa shape index (κ1) is 13.5. The molecule has 1 N–H and O–H groups in total. The summed E-state index contributed by atoms with van der Waals surface area (Å²) >= 11 is 4.10. The Hall–Kier alpha value is -0.890. The molecule has 0 spiro atoms. The van der Waals surface area contributed by atoms with E-state index in [-0.39, 0.29) is 0 Å². The molecule has 1 aromatic carbocycles. The maximum Gasteiger partial charge on any atom is 0.236 e. The zero-order chi connectivity index (χ0) is 13.0. The van der Waals surface area contributed by atoms with Gasteiger partial charge in [0, 0.05) is 20.1 Å². The Kier molecular flexibility index (Phi) is 4.76. The van der Waals surface area contributed by atoms with E-state index in [1.165, 1.54) is 14.7 Å². The summed E-state index contributed by atoms with van der Waals surface area (Å²) in [6, 6.07) is 7.83. The third-order valence-electron chi connectivity index (χ3n) is 2.29. The molecule has 0 amide bonds. The van der Waals surface area contributed by atoms with Crippen LogP contribution in [0.3, 0.4) is 0 Å². The highest BCUT2D eigenvalue weighted by molar-refractivity contribution is 14.1. The van der Waals surface area contributed by atoms with Gasteiger partial charge in [-0.25, -0.2) is 0 Å². The molecule has 0 aliphatic carbocycles. The first-order valence-electron chi connectivity index (χ1n) is 5.48. The van der Waals surface area contributed by atoms with Gasteiger partial charge >= 0.3 is 0 Å². The van der Waals surface area contributed by atoms with Crippen molar-refractivity contribution in [3.63, 3.8) is 0 Å². The minimum atomic E-state index is 0.421. The first-order chi connectivity index (χ1) is 8.70. The molecule has 1 aromatic heterocycles. The minimum absolute atomic E-state index is 0.421. The maximum absolute atomic E-state index is 9.06. The summed E-state index contributed by atoms with van der Waals surface area (Å²) in [5.74, 6) is 1.45. The van der Waals surface area contributed by atoms with Crippen LogP contribution in [0, 0.1) is 3.57 Å². The molecule has 6 heteroatoms. The van der Waals surface area contributed by atoms with Gasteiger partial charge in [0.15, 0.2) is 0 Å². The van der Waals surface area contributed by atoms with E-state index in [0.29, 0.717) is 12.5 Å². The fourth-order valence-electron chi connectivity index (χ4n) is 1.49. The van der Waals surface area contributed by atoms with Crippen LogP contribution in [0.2, 0.25) is 0 Å². The van der Waals surface area contributed by atoms with Gasteiger partial charge < -0.3 is 9.94 Å². The molecule has 0 atom stereocenters. The molecule has 0 bridgehead atoms. The van der Waals surface area contributed by atoms with Crippen LogP contribution in [-0.4, -0.2) is 20.9 Å². The van der Waals surface area contributed by atoms with Gasteiger partial charge in [-0.1, -0.05) is 18.1 Å². The lowest BCUT2D eigenvalue weighted by atomic mass is 10.2. The summed E-state index contributed by atoms with van der Waals surface area (Å²) in [7, 11) is 0. The van der Waals surface area contributed by atoms with Gasteiger partial charge in [0.2, 0.25) is 5.88 Å². The van der Waals surface area contributed by atoms with E-state index in [4.69, 9.17) is 9.94 Å². The molecule has 0 saturated heterocycles. The lowest BCUT2D eigenvalue weighted by molar-refractivity contribution is 0.141. The molecule has 0 fully saturated rings. The number of hydrogen-bond donors (Lipinski definition) is 1. The van der Waals surface area contributed by atoms with E-state index < -0.39 is 0 Å². The Balaban J connectivity index is 2.12. The van der Waals surface area contributed by atoms with Crippen LogP contribution in [0.1, 0.15) is 12.5 Å². The molecule has 0 unspecified atom stereocenters. The fraction of sp³-hybridized carbons (Fsp3) is 0.250. The van der Waals surface area contributed by atoms with E-state index in [1.807, 2.05) is 6.07 Å². The summed E-state index contributed by atoms with van der Waals surface area (Å²) in [6.07, 6.45) is 1.44. The van der Waals surface area contributed by atoms with Crippen LogP contribution in [0.15, 0.2) is 35.4 Å². The van der Waals surface area contributed by atoms with Gasteiger partial charge in [0.05, 0.1) is 6.20 Å². The summed E-state index contributed by atoms with van der Waals surface area (Å²) in [6.45, 7) is 2.58. The molecule has 2 rings (SSSR count). The summed E-state index contributed by atoms with van der Waals surface area (Å²) < 4.78 is 6.75. The van der Waals surface area contributed by atoms with Crippen LogP contribution in [-0.2, 0) is 6.61 Å². The average Bonchev–Trinajstić information content (AvgIpc) is 2.75. The summed E-state index contributed by atoms with van der Waals surface area (Å²) in [5.41, 5.74) is 1.16. The zero-order valence-electron chi connectivity index (χ0n) is 9.84. The smallest absolute Gasteiger partial charge is 0.236 e. The molecular formula is C12H13IN2O2S. The molecule has 2 aromatic rings. The van der Waals surface area contributed by atoms with Gasteiger partial charge in [-0.15, -0.1) is 16.6 Å². The summed E-state index contributed by atoms with van der Waals surface area (Å²) in [5, 5.41) is 12.8. The van der Waals surface area contributed by atoms with Gasteiger partial charge in [0.1, 0.15) is 6.61 Å². The number of rotatable bonds is 5. The van der Waals surface area contributed by atoms with Crippen LogP contribution < -0.4 is 4.74 Å². The normalized spacial score (nSPS) is 10.6. The minimum Gasteiger partial charge on any atom is -0.472 e. The molecule has 0 aliphatic heterocycles. The predicted octanol–water partition coefficient (Wildman–Crippen LogP) is 3.42. The highest BCUT2D eigenvalue weighted by Gasteiger charge is 2.08. The largest absolute Gasteiger partial charge is 0.472 e. The fourth-order valence-corrected chi connectivity index (χ4v) is 3.16. The van der Waals surface area contributed by atoms with Crippen molar-refractivity contribution in [3.05, 3.63) is 39.6 Å². The Bertz CT molecular complexity index is 531. The van der Waals surface area contributed by atoms with E-state index in [0.717, 1.165) is 16.2 Å². The second kappa shape index (κ2) is 6.33. The molecule has 0 radical (unpaired) electrons. The van der Waals surface area contributed by atoms with Gasteiger partial charge in [0.25, 0.3) is 0 Å². The molecule has 4 nitrogen and oxygen atoms in total. The Morgan fingerprint density at radius 1 is 1.44 bits per heavy atom. The van der Waals surface area contributed by atoms with Gasteiger partial charge in [-0.2, -0.15) is 0 Å². The lowest BCUT2D eigenvalue weighted by Crippen LogP contribution is -2.01. The lowest BCUT2D eigenvalue weighted by Gasteiger charge is -2.10. The molecular weight excluding hydrogens is 363 g/mol. The third kappa shape index (κ3) is 3.32. The van der Waals surface area contributed by atoms with Crippen molar-refractivity contribution in [2.75, 3.05) is 5.75 Å². The van der Waals surface area contributed by atoms with Crippen molar-refractivity contribution in [2.45, 2.75) is 18.4 Å². The van der Waals surface area contributed by atoms with Gasteiger partial charge in [-0.3, -0.25) is 0 Å². The standard InChI is InChI=1S/C12H13IN2O2S/c1-2-18-11-5-3-4-10(13)9(11)8-17-12-6-7-15(16)14-12/h3-7,16H,2,8H2,1H3. The zero-order valence-corrected chi connectivity index (χ0v) is 12.8. The van der Waals surface area contributed by atoms with Crippen LogP contribution in [0.25, 0.3) is 0 Å². The molecule has 1 heterocycles. The monoisotopic (exact) mass is 376 g/mol. The van der Waals surface area contributed by atoms with E-state index in [2.05, 4.69) is 46.7 Å². The highest BCUT2D eigenvalue weighted by Crippen LogP contribution is 2.27. The number of aromatic nitrogens is 2. The molecule has 18 heavy (non-hydrogen) atoms. The van der Waals surface area contributed by atoms with Gasteiger partial charge in [-0.05, 0) is 40.5 Å². The van der Waals surface area contributed by atoms with E-state index in [1.54, 1.807) is 17.8 Å². The van der Waals surface area contributed by atoms with Crippen molar-refractivity contribution >= 4 is 34.4 Å². The highest BCUT2D eigenvalue weighted by atomic mass is 127. The number of thioether (sulfide) groups is 1. The molecule has 0 saturated carbocycles. The van der Waals surface area contributed by atoms with Crippen molar-refractivity contribution in [2.24, 2.45) is 0 Å². The maximum atomic E-state index is 9.06. The van der Waals surface area contributed by atoms with Crippen molar-refractivity contribution in [1.82, 2.24) is 9.94 Å². The Labute approximate surface area is 123 Å². The van der Waals surface area contributed by atoms with Crippen LogP contribution in [0.5, 0.6) is 5.88 Å². The SMILES string of the molecule is CCSc1cccc(I)c1COc1ccn(O)n1. The molecule has 96 valence electrons. The Morgan fingerprint density at radius 2 is 2.28 bits per heavy atom. The van der Waals surface area contributed by atoms with E-state index >= 15 is 0 Å². The second-order valence-electron chi connectivity index (χ2n) is 3.51. The Morgan fingerprint density at radius 3 is 2.94 bits per heavy atom. The quantitative estimate of drug-likeness (QED) is 0.494. The van der Waals surface area contributed by atoms with Crippen molar-refractivity contribution in [3.8, 4) is 5.88 Å². The van der Waals surface area contributed by atoms with Crippen LogP contribution >= 0.6 is 34.4 Å². The molecule has 0 aliphatic rings. The number of halogens is 1. The van der Waals surface area contributed by atoms with Crippen LogP contribution in [0.4, 0.5) is 0 Å². The number of ether oxygens (including phenoxy) is 1. The number of benzene rings is 1. The predicted molar refractivity (Wildman–Crippen MR) is 79.3 cm³/mol. The second-order valence-corrected chi connectivity index (χ2v) is 5.98. The third-order valence-corrected chi connectivity index (χ3v) is 4.28. The van der Waals surface area contributed by atoms with Crippen molar-refractivity contribution < 1.29 is 9.94 Å². The first-order valence-corrected chi connectivity index (χ1v) is 7.55. The van der Waals surface area contributed by atoms with E-state index in [9.17, 15) is 0 Å².